The molecule has 0 aliphatic heterocycles. The van der Waals surface area contributed by atoms with Gasteiger partial charge in [0.25, 0.3) is 5.91 Å². The third-order valence-corrected chi connectivity index (χ3v) is 4.88. The lowest BCUT2D eigenvalue weighted by atomic mass is 10.1. The number of carbonyl (C=O) groups is 1. The molecular formula is C21H22ClN3O2. The van der Waals surface area contributed by atoms with Gasteiger partial charge in [-0.3, -0.25) is 4.79 Å². The highest BCUT2D eigenvalue weighted by Gasteiger charge is 2.12. The molecule has 0 radical (unpaired) electrons. The summed E-state index contributed by atoms with van der Waals surface area (Å²) >= 11 is 6.17. The van der Waals surface area contributed by atoms with Gasteiger partial charge in [0.2, 0.25) is 0 Å². The monoisotopic (exact) mass is 383 g/mol. The first-order valence-electron chi connectivity index (χ1n) is 8.65. The number of hydrogen-bond donors (Lipinski definition) is 1. The highest BCUT2D eigenvalue weighted by molar-refractivity contribution is 6.32. The van der Waals surface area contributed by atoms with Crippen LogP contribution in [0.5, 0.6) is 5.75 Å². The summed E-state index contributed by atoms with van der Waals surface area (Å²) in [5, 5.41) is 7.94. The van der Waals surface area contributed by atoms with Crippen LogP contribution in [0, 0.1) is 27.7 Å². The largest absolute Gasteiger partial charge is 0.471 e. The highest BCUT2D eigenvalue weighted by Crippen LogP contribution is 2.26. The molecule has 0 bridgehead atoms. The second-order valence-electron chi connectivity index (χ2n) is 6.66. The summed E-state index contributed by atoms with van der Waals surface area (Å²) in [5.74, 6) is 0.465. The Hall–Kier alpha value is -2.79. The predicted octanol–water partition coefficient (Wildman–Crippen LogP) is 5.06. The van der Waals surface area contributed by atoms with Gasteiger partial charge in [-0.15, -0.1) is 0 Å². The third-order valence-electron chi connectivity index (χ3n) is 4.29. The SMILES string of the molecule is Cc1ccc(C)c(NC(=O)c2ccn(COc3cc(C)c(Cl)c(C)c3)n2)c1. The van der Waals surface area contributed by atoms with E-state index in [0.29, 0.717) is 11.4 Å². The summed E-state index contributed by atoms with van der Waals surface area (Å²) in [6.45, 7) is 8.02. The van der Waals surface area contributed by atoms with Crippen LogP contribution in [0.4, 0.5) is 5.69 Å². The van der Waals surface area contributed by atoms with Gasteiger partial charge in [-0.25, -0.2) is 4.68 Å². The Morgan fingerprint density at radius 1 is 1.07 bits per heavy atom. The number of carbonyl (C=O) groups excluding carboxylic acids is 1. The maximum absolute atomic E-state index is 12.4. The third kappa shape index (κ3) is 4.49. The molecule has 3 rings (SSSR count). The highest BCUT2D eigenvalue weighted by atomic mass is 35.5. The molecule has 0 saturated heterocycles. The predicted molar refractivity (Wildman–Crippen MR) is 108 cm³/mol. The minimum absolute atomic E-state index is 0.206. The number of benzene rings is 2. The van der Waals surface area contributed by atoms with Crippen LogP contribution < -0.4 is 10.1 Å². The molecule has 0 fully saturated rings. The molecule has 1 aromatic heterocycles. The Labute approximate surface area is 163 Å². The van der Waals surface area contributed by atoms with Gasteiger partial charge in [0, 0.05) is 16.9 Å². The normalized spacial score (nSPS) is 10.7. The van der Waals surface area contributed by atoms with Crippen molar-refractivity contribution in [3.8, 4) is 5.75 Å². The maximum Gasteiger partial charge on any atom is 0.276 e. The average molecular weight is 384 g/mol. The molecule has 1 N–H and O–H groups in total. The zero-order valence-electron chi connectivity index (χ0n) is 15.8. The maximum atomic E-state index is 12.4. The lowest BCUT2D eigenvalue weighted by Gasteiger charge is -2.10. The van der Waals surface area contributed by atoms with Gasteiger partial charge in [-0.2, -0.15) is 5.10 Å². The molecule has 0 aliphatic carbocycles. The number of aromatic nitrogens is 2. The quantitative estimate of drug-likeness (QED) is 0.670. The minimum atomic E-state index is -0.249. The van der Waals surface area contributed by atoms with Crippen molar-refractivity contribution in [1.29, 1.82) is 0 Å². The molecule has 0 aliphatic rings. The van der Waals surface area contributed by atoms with Crippen molar-refractivity contribution in [1.82, 2.24) is 9.78 Å². The van der Waals surface area contributed by atoms with Crippen LogP contribution in [-0.2, 0) is 6.73 Å². The number of ether oxygens (including phenoxy) is 1. The van der Waals surface area contributed by atoms with Crippen LogP contribution in [0.3, 0.4) is 0 Å². The van der Waals surface area contributed by atoms with Crippen molar-refractivity contribution in [3.05, 3.63) is 75.6 Å². The summed E-state index contributed by atoms with van der Waals surface area (Å²) in [6.07, 6.45) is 1.72. The second kappa shape index (κ2) is 7.84. The Bertz CT molecular complexity index is 972. The van der Waals surface area contributed by atoms with E-state index in [0.717, 1.165) is 33.0 Å². The lowest BCUT2D eigenvalue weighted by molar-refractivity contribution is 0.102. The smallest absolute Gasteiger partial charge is 0.276 e. The number of anilines is 1. The molecule has 2 aromatic carbocycles. The van der Waals surface area contributed by atoms with E-state index >= 15 is 0 Å². The van der Waals surface area contributed by atoms with Gasteiger partial charge in [0.1, 0.15) is 5.75 Å². The van der Waals surface area contributed by atoms with Gasteiger partial charge in [0.05, 0.1) is 0 Å². The van der Waals surface area contributed by atoms with Crippen LogP contribution in [-0.4, -0.2) is 15.7 Å². The van der Waals surface area contributed by atoms with E-state index < -0.39 is 0 Å². The summed E-state index contributed by atoms with van der Waals surface area (Å²) in [7, 11) is 0. The zero-order chi connectivity index (χ0) is 19.6. The van der Waals surface area contributed by atoms with Crippen LogP contribution in [0.15, 0.2) is 42.6 Å². The molecule has 6 heteroatoms. The summed E-state index contributed by atoms with van der Waals surface area (Å²) < 4.78 is 7.35. The number of hydrogen-bond acceptors (Lipinski definition) is 3. The molecule has 1 heterocycles. The van der Waals surface area contributed by atoms with E-state index in [-0.39, 0.29) is 12.6 Å². The first kappa shape index (κ1) is 19.0. The number of halogens is 1. The number of amides is 1. The Balaban J connectivity index is 1.66. The van der Waals surface area contributed by atoms with Crippen molar-refractivity contribution < 1.29 is 9.53 Å². The fourth-order valence-electron chi connectivity index (χ4n) is 2.74. The standard InChI is InChI=1S/C21H22ClN3O2/c1-13-5-6-14(2)19(9-13)23-21(26)18-7-8-25(24-18)12-27-17-10-15(3)20(22)16(4)11-17/h5-11H,12H2,1-4H3,(H,23,26). The van der Waals surface area contributed by atoms with Crippen LogP contribution >= 0.6 is 11.6 Å². The molecule has 140 valence electrons. The first-order valence-corrected chi connectivity index (χ1v) is 9.03. The number of aryl methyl sites for hydroxylation is 4. The van der Waals surface area contributed by atoms with Gasteiger partial charge >= 0.3 is 0 Å². The van der Waals surface area contributed by atoms with Crippen LogP contribution in [0.25, 0.3) is 0 Å². The van der Waals surface area contributed by atoms with E-state index in [9.17, 15) is 4.79 Å². The van der Waals surface area contributed by atoms with Crippen molar-refractivity contribution in [2.75, 3.05) is 5.32 Å². The number of nitrogens with one attached hydrogen (secondary N) is 1. The van der Waals surface area contributed by atoms with Gasteiger partial charge < -0.3 is 10.1 Å². The number of nitrogens with zero attached hydrogens (tertiary/aromatic N) is 2. The van der Waals surface area contributed by atoms with Crippen molar-refractivity contribution in [2.45, 2.75) is 34.4 Å². The van der Waals surface area contributed by atoms with E-state index in [1.54, 1.807) is 16.9 Å². The first-order chi connectivity index (χ1) is 12.8. The molecule has 5 nitrogen and oxygen atoms in total. The topological polar surface area (TPSA) is 56.2 Å². The molecule has 27 heavy (non-hydrogen) atoms. The Kier molecular flexibility index (Phi) is 5.51. The zero-order valence-corrected chi connectivity index (χ0v) is 16.6. The summed E-state index contributed by atoms with van der Waals surface area (Å²) in [4.78, 5) is 12.4. The molecule has 0 atom stereocenters. The molecular weight excluding hydrogens is 362 g/mol. The molecule has 0 unspecified atom stereocenters. The summed E-state index contributed by atoms with van der Waals surface area (Å²) in [6, 6.07) is 11.4. The van der Waals surface area contributed by atoms with Crippen LogP contribution in [0.1, 0.15) is 32.7 Å². The molecule has 0 saturated carbocycles. The number of rotatable bonds is 5. The second-order valence-corrected chi connectivity index (χ2v) is 7.04. The van der Waals surface area contributed by atoms with E-state index in [2.05, 4.69) is 10.4 Å². The van der Waals surface area contributed by atoms with Crippen molar-refractivity contribution >= 4 is 23.2 Å². The van der Waals surface area contributed by atoms with E-state index in [4.69, 9.17) is 16.3 Å². The van der Waals surface area contributed by atoms with Crippen molar-refractivity contribution in [2.24, 2.45) is 0 Å². The van der Waals surface area contributed by atoms with Crippen LogP contribution in [0.2, 0.25) is 5.02 Å². The van der Waals surface area contributed by atoms with Gasteiger partial charge in [-0.1, -0.05) is 23.7 Å². The van der Waals surface area contributed by atoms with Gasteiger partial charge in [0.15, 0.2) is 12.4 Å². The van der Waals surface area contributed by atoms with E-state index in [1.165, 1.54) is 0 Å². The van der Waals surface area contributed by atoms with Crippen molar-refractivity contribution in [3.63, 3.8) is 0 Å². The van der Waals surface area contributed by atoms with E-state index in [1.807, 2.05) is 58.0 Å². The fourth-order valence-corrected chi connectivity index (χ4v) is 2.85. The minimum Gasteiger partial charge on any atom is -0.471 e. The Morgan fingerprint density at radius 2 is 1.78 bits per heavy atom. The average Bonchev–Trinajstić information content (AvgIpc) is 3.10. The molecule has 1 amide bonds. The van der Waals surface area contributed by atoms with Gasteiger partial charge in [-0.05, 0) is 74.2 Å². The Morgan fingerprint density at radius 3 is 2.48 bits per heavy atom. The summed E-state index contributed by atoms with van der Waals surface area (Å²) in [5.41, 5.74) is 5.14. The molecule has 0 spiro atoms. The lowest BCUT2D eigenvalue weighted by Crippen LogP contribution is -2.15. The molecule has 3 aromatic rings. The fraction of sp³-hybridized carbons (Fsp3) is 0.238.